The summed E-state index contributed by atoms with van der Waals surface area (Å²) in [6.07, 6.45) is 3.59. The second-order valence-corrected chi connectivity index (χ2v) is 5.38. The first-order valence-corrected chi connectivity index (χ1v) is 6.48. The quantitative estimate of drug-likeness (QED) is 0.772. The van der Waals surface area contributed by atoms with Crippen LogP contribution in [0.25, 0.3) is 0 Å². The molecule has 2 N–H and O–H groups in total. The molecule has 100 valence electrons. The number of rotatable bonds is 7. The summed E-state index contributed by atoms with van der Waals surface area (Å²) in [4.78, 5) is 6.60. The molecule has 0 aromatic carbocycles. The van der Waals surface area contributed by atoms with Gasteiger partial charge in [-0.15, -0.1) is 0 Å². The van der Waals surface area contributed by atoms with Crippen LogP contribution in [0, 0.1) is 11.7 Å². The van der Waals surface area contributed by atoms with Crippen LogP contribution >= 0.6 is 12.2 Å². The summed E-state index contributed by atoms with van der Waals surface area (Å²) < 4.78 is 13.1. The molecule has 1 rings (SSSR count). The highest BCUT2D eigenvalue weighted by Crippen LogP contribution is 2.08. The summed E-state index contributed by atoms with van der Waals surface area (Å²) in [6, 6.07) is 1.51. The van der Waals surface area contributed by atoms with Gasteiger partial charge in [-0.3, -0.25) is 9.88 Å². The standard InChI is InChI=1S/C13H20FN3S/c1-10(2)8-17(4-3-13(15)18)9-11-5-12(14)7-16-6-11/h5-7,10H,3-4,8-9H2,1-2H3,(H2,15,18). The molecule has 0 radical (unpaired) electrons. The highest BCUT2D eigenvalue weighted by atomic mass is 32.1. The SMILES string of the molecule is CC(C)CN(CCC(N)=S)Cc1cncc(F)c1. The van der Waals surface area contributed by atoms with Crippen molar-refractivity contribution in [2.45, 2.75) is 26.8 Å². The zero-order chi connectivity index (χ0) is 13.5. The summed E-state index contributed by atoms with van der Waals surface area (Å²) in [5, 5.41) is 0. The van der Waals surface area contributed by atoms with Gasteiger partial charge in [-0.05, 0) is 17.5 Å². The number of nitrogens with two attached hydrogens (primary N) is 1. The fourth-order valence-corrected chi connectivity index (χ4v) is 1.91. The first kappa shape index (κ1) is 15.0. The predicted octanol–water partition coefficient (Wildman–Crippen LogP) is 2.35. The van der Waals surface area contributed by atoms with Gasteiger partial charge in [-0.2, -0.15) is 0 Å². The number of halogens is 1. The van der Waals surface area contributed by atoms with E-state index >= 15 is 0 Å². The van der Waals surface area contributed by atoms with Crippen LogP contribution in [0.1, 0.15) is 25.8 Å². The van der Waals surface area contributed by atoms with Crippen molar-refractivity contribution in [1.29, 1.82) is 0 Å². The Morgan fingerprint density at radius 1 is 1.50 bits per heavy atom. The van der Waals surface area contributed by atoms with Gasteiger partial charge in [0.1, 0.15) is 5.82 Å². The molecular formula is C13H20FN3S. The number of hydrogen-bond donors (Lipinski definition) is 1. The molecule has 0 aliphatic heterocycles. The zero-order valence-electron chi connectivity index (χ0n) is 10.9. The molecule has 18 heavy (non-hydrogen) atoms. The van der Waals surface area contributed by atoms with Crippen LogP contribution < -0.4 is 5.73 Å². The Kier molecular flexibility index (Phi) is 6.15. The van der Waals surface area contributed by atoms with Crippen molar-refractivity contribution in [3.05, 3.63) is 29.8 Å². The topological polar surface area (TPSA) is 42.1 Å². The Morgan fingerprint density at radius 3 is 2.78 bits per heavy atom. The van der Waals surface area contributed by atoms with Crippen molar-refractivity contribution in [2.24, 2.45) is 11.7 Å². The minimum absolute atomic E-state index is 0.300. The van der Waals surface area contributed by atoms with Crippen molar-refractivity contribution in [3.63, 3.8) is 0 Å². The van der Waals surface area contributed by atoms with E-state index in [-0.39, 0.29) is 5.82 Å². The van der Waals surface area contributed by atoms with Crippen molar-refractivity contribution in [2.75, 3.05) is 13.1 Å². The molecule has 0 unspecified atom stereocenters. The van der Waals surface area contributed by atoms with Crippen LogP contribution in [0.15, 0.2) is 18.5 Å². The summed E-state index contributed by atoms with van der Waals surface area (Å²) in [5.74, 6) is 0.240. The van der Waals surface area contributed by atoms with E-state index in [1.807, 2.05) is 0 Å². The molecular weight excluding hydrogens is 249 g/mol. The highest BCUT2D eigenvalue weighted by molar-refractivity contribution is 7.80. The third-order valence-corrected chi connectivity index (χ3v) is 2.67. The molecule has 0 saturated heterocycles. The fraction of sp³-hybridized carbons (Fsp3) is 0.538. The van der Waals surface area contributed by atoms with Crippen LogP contribution in [0.4, 0.5) is 4.39 Å². The second-order valence-electron chi connectivity index (χ2n) is 4.86. The highest BCUT2D eigenvalue weighted by Gasteiger charge is 2.09. The fourth-order valence-electron chi connectivity index (χ4n) is 1.82. The Balaban J connectivity index is 2.62. The van der Waals surface area contributed by atoms with Crippen LogP contribution in [0.2, 0.25) is 0 Å². The Morgan fingerprint density at radius 2 is 2.22 bits per heavy atom. The average Bonchev–Trinajstić information content (AvgIpc) is 2.25. The van der Waals surface area contributed by atoms with Crippen molar-refractivity contribution in [3.8, 4) is 0 Å². The van der Waals surface area contributed by atoms with Gasteiger partial charge in [0.05, 0.1) is 11.2 Å². The van der Waals surface area contributed by atoms with Gasteiger partial charge < -0.3 is 5.73 Å². The van der Waals surface area contributed by atoms with Gasteiger partial charge in [0.2, 0.25) is 0 Å². The van der Waals surface area contributed by atoms with Crippen molar-refractivity contribution < 1.29 is 4.39 Å². The number of pyridine rings is 1. The number of aromatic nitrogens is 1. The summed E-state index contributed by atoms with van der Waals surface area (Å²) in [5.41, 5.74) is 6.40. The van der Waals surface area contributed by atoms with E-state index in [1.165, 1.54) is 12.3 Å². The lowest BCUT2D eigenvalue weighted by atomic mass is 10.1. The van der Waals surface area contributed by atoms with E-state index in [0.717, 1.165) is 18.7 Å². The van der Waals surface area contributed by atoms with E-state index < -0.39 is 0 Å². The van der Waals surface area contributed by atoms with Gasteiger partial charge in [0, 0.05) is 32.3 Å². The van der Waals surface area contributed by atoms with E-state index in [9.17, 15) is 4.39 Å². The molecule has 0 aliphatic carbocycles. The molecule has 0 aliphatic rings. The molecule has 5 heteroatoms. The third-order valence-electron chi connectivity index (χ3n) is 2.47. The van der Waals surface area contributed by atoms with Crippen molar-refractivity contribution in [1.82, 2.24) is 9.88 Å². The summed E-state index contributed by atoms with van der Waals surface area (Å²) >= 11 is 4.89. The lowest BCUT2D eigenvalue weighted by Gasteiger charge is -2.24. The van der Waals surface area contributed by atoms with Crippen LogP contribution in [-0.2, 0) is 6.54 Å². The Bertz CT molecular complexity index is 396. The van der Waals surface area contributed by atoms with Gasteiger partial charge in [-0.1, -0.05) is 26.1 Å². The Labute approximate surface area is 113 Å². The average molecular weight is 269 g/mol. The lowest BCUT2D eigenvalue weighted by Crippen LogP contribution is -2.30. The Hall–Kier alpha value is -1.07. The molecule has 0 bridgehead atoms. The smallest absolute Gasteiger partial charge is 0.141 e. The molecule has 0 fully saturated rings. The zero-order valence-corrected chi connectivity index (χ0v) is 11.7. The van der Waals surface area contributed by atoms with Gasteiger partial charge in [0.15, 0.2) is 0 Å². The molecule has 0 spiro atoms. The summed E-state index contributed by atoms with van der Waals surface area (Å²) in [7, 11) is 0. The predicted molar refractivity (Wildman–Crippen MR) is 75.7 cm³/mol. The molecule has 0 saturated carbocycles. The lowest BCUT2D eigenvalue weighted by molar-refractivity contribution is 0.242. The summed E-state index contributed by atoms with van der Waals surface area (Å²) in [6.45, 7) is 6.70. The van der Waals surface area contributed by atoms with Gasteiger partial charge in [-0.25, -0.2) is 4.39 Å². The van der Waals surface area contributed by atoms with Gasteiger partial charge in [0.25, 0.3) is 0 Å². The minimum atomic E-state index is -0.300. The van der Waals surface area contributed by atoms with Crippen LogP contribution in [-0.4, -0.2) is 28.0 Å². The molecule has 0 atom stereocenters. The number of thiocarbonyl (C=S) groups is 1. The van der Waals surface area contributed by atoms with E-state index in [0.29, 0.717) is 23.9 Å². The van der Waals surface area contributed by atoms with Crippen molar-refractivity contribution >= 4 is 17.2 Å². The van der Waals surface area contributed by atoms with Crippen LogP contribution in [0.3, 0.4) is 0 Å². The molecule has 0 amide bonds. The maximum atomic E-state index is 13.1. The molecule has 1 aromatic heterocycles. The minimum Gasteiger partial charge on any atom is -0.393 e. The first-order valence-electron chi connectivity index (χ1n) is 6.07. The number of nitrogens with zero attached hydrogens (tertiary/aromatic N) is 2. The molecule has 3 nitrogen and oxygen atoms in total. The number of hydrogen-bond acceptors (Lipinski definition) is 3. The normalized spacial score (nSPS) is 11.2. The largest absolute Gasteiger partial charge is 0.393 e. The third kappa shape index (κ3) is 6.02. The van der Waals surface area contributed by atoms with E-state index in [1.54, 1.807) is 6.20 Å². The van der Waals surface area contributed by atoms with Gasteiger partial charge >= 0.3 is 0 Å². The maximum Gasteiger partial charge on any atom is 0.141 e. The maximum absolute atomic E-state index is 13.1. The second kappa shape index (κ2) is 7.38. The van der Waals surface area contributed by atoms with E-state index in [2.05, 4.69) is 23.7 Å². The molecule has 1 aromatic rings. The van der Waals surface area contributed by atoms with Crippen LogP contribution in [0.5, 0.6) is 0 Å². The van der Waals surface area contributed by atoms with E-state index in [4.69, 9.17) is 18.0 Å². The molecule has 1 heterocycles. The monoisotopic (exact) mass is 269 g/mol. The first-order chi connectivity index (χ1) is 8.47.